The van der Waals surface area contributed by atoms with Crippen LogP contribution in [0.5, 0.6) is 5.75 Å². The highest BCUT2D eigenvalue weighted by atomic mass is 32.1. The molecule has 2 aromatic carbocycles. The number of ether oxygens (including phenoxy) is 1. The van der Waals surface area contributed by atoms with E-state index in [-0.39, 0.29) is 6.61 Å². The van der Waals surface area contributed by atoms with Crippen molar-refractivity contribution in [2.75, 3.05) is 18.5 Å². The van der Waals surface area contributed by atoms with E-state index in [1.807, 2.05) is 24.5 Å². The van der Waals surface area contributed by atoms with E-state index in [4.69, 9.17) is 14.8 Å². The second-order valence-electron chi connectivity index (χ2n) is 7.90. The lowest BCUT2D eigenvalue weighted by Gasteiger charge is -2.22. The first kappa shape index (κ1) is 19.3. The number of rotatable bonds is 7. The van der Waals surface area contributed by atoms with Gasteiger partial charge in [-0.25, -0.2) is 9.97 Å². The Bertz CT molecular complexity index is 1150. The number of nitrogens with zero attached hydrogens (tertiary/aromatic N) is 3. The molecule has 4 aromatic rings. The van der Waals surface area contributed by atoms with Crippen LogP contribution in [0, 0.1) is 0 Å². The van der Waals surface area contributed by atoms with Gasteiger partial charge in [-0.2, -0.15) is 0 Å². The number of thiazole rings is 1. The van der Waals surface area contributed by atoms with Crippen LogP contribution in [0.4, 0.5) is 5.13 Å². The summed E-state index contributed by atoms with van der Waals surface area (Å²) >= 11 is 1.75. The molecule has 0 amide bonds. The Morgan fingerprint density at radius 2 is 2.00 bits per heavy atom. The number of aliphatic hydroxyl groups excluding tert-OH is 1. The molecule has 0 aliphatic heterocycles. The van der Waals surface area contributed by atoms with E-state index < -0.39 is 0 Å². The van der Waals surface area contributed by atoms with Crippen LogP contribution in [-0.2, 0) is 6.54 Å². The first-order valence-corrected chi connectivity index (χ1v) is 11.4. The van der Waals surface area contributed by atoms with Gasteiger partial charge in [0.05, 0.1) is 34.2 Å². The summed E-state index contributed by atoms with van der Waals surface area (Å²) in [5, 5.41) is 13.6. The summed E-state index contributed by atoms with van der Waals surface area (Å²) in [5.41, 5.74) is 4.25. The van der Waals surface area contributed by atoms with Crippen molar-refractivity contribution >= 4 is 37.7 Å². The number of nitrogens with one attached hydrogen (secondary N) is 1. The molecule has 1 saturated carbocycles. The molecule has 0 saturated heterocycles. The topological polar surface area (TPSA) is 72.2 Å². The molecule has 2 aromatic heterocycles. The van der Waals surface area contributed by atoms with Crippen molar-refractivity contribution in [2.24, 2.45) is 0 Å². The van der Waals surface area contributed by atoms with E-state index >= 15 is 0 Å². The summed E-state index contributed by atoms with van der Waals surface area (Å²) in [5.74, 6) is 0.728. The minimum atomic E-state index is 0.00439. The maximum Gasteiger partial charge on any atom is 0.184 e. The van der Waals surface area contributed by atoms with Crippen LogP contribution in [0.2, 0.25) is 0 Å². The first-order valence-electron chi connectivity index (χ1n) is 10.6. The fourth-order valence-electron chi connectivity index (χ4n) is 4.17. The molecule has 6 nitrogen and oxygen atoms in total. The average Bonchev–Trinajstić information content (AvgIpc) is 3.36. The molecule has 5 rings (SSSR count). The van der Waals surface area contributed by atoms with Crippen molar-refractivity contribution in [3.05, 3.63) is 48.3 Å². The van der Waals surface area contributed by atoms with Crippen LogP contribution in [-0.4, -0.2) is 38.9 Å². The highest BCUT2D eigenvalue weighted by Gasteiger charge is 2.15. The molecule has 2 heterocycles. The van der Waals surface area contributed by atoms with E-state index in [0.29, 0.717) is 12.6 Å². The van der Waals surface area contributed by atoms with Gasteiger partial charge in [0, 0.05) is 18.7 Å². The van der Waals surface area contributed by atoms with E-state index in [0.717, 1.165) is 34.0 Å². The molecule has 0 bridgehead atoms. The van der Waals surface area contributed by atoms with Gasteiger partial charge in [0.15, 0.2) is 5.13 Å². The normalized spacial score (nSPS) is 15.1. The molecule has 1 aliphatic rings. The standard InChI is InChI=1S/C23H26N4O2S/c28-10-11-29-18-7-9-21-20(13-18)24-15-27(21)14-16-6-8-19-22(12-16)30-23(26-19)25-17-4-2-1-3-5-17/h6-9,12-13,15,17,28H,1-5,10-11,14H2,(H,25,26). The Labute approximate surface area is 179 Å². The third-order valence-electron chi connectivity index (χ3n) is 5.69. The lowest BCUT2D eigenvalue weighted by atomic mass is 9.96. The lowest BCUT2D eigenvalue weighted by Crippen LogP contribution is -2.21. The van der Waals surface area contributed by atoms with Crippen molar-refractivity contribution in [3.8, 4) is 5.75 Å². The highest BCUT2D eigenvalue weighted by Crippen LogP contribution is 2.30. The van der Waals surface area contributed by atoms with Gasteiger partial charge in [0.2, 0.25) is 0 Å². The molecule has 1 aliphatic carbocycles. The van der Waals surface area contributed by atoms with Crippen LogP contribution in [0.3, 0.4) is 0 Å². The lowest BCUT2D eigenvalue weighted by molar-refractivity contribution is 0.201. The Morgan fingerprint density at radius 3 is 2.87 bits per heavy atom. The van der Waals surface area contributed by atoms with Crippen molar-refractivity contribution in [1.29, 1.82) is 0 Å². The molecule has 7 heteroatoms. The number of benzene rings is 2. The predicted molar refractivity (Wildman–Crippen MR) is 122 cm³/mol. The van der Waals surface area contributed by atoms with Gasteiger partial charge in [-0.1, -0.05) is 36.7 Å². The third-order valence-corrected chi connectivity index (χ3v) is 6.64. The first-order chi connectivity index (χ1) is 14.8. The molecule has 0 radical (unpaired) electrons. The molecule has 2 N–H and O–H groups in total. The van der Waals surface area contributed by atoms with Crippen LogP contribution < -0.4 is 10.1 Å². The molecule has 0 unspecified atom stereocenters. The zero-order valence-electron chi connectivity index (χ0n) is 16.9. The molecular formula is C23H26N4O2S. The smallest absolute Gasteiger partial charge is 0.184 e. The summed E-state index contributed by atoms with van der Waals surface area (Å²) in [6, 6.07) is 12.9. The fourth-order valence-corrected chi connectivity index (χ4v) is 5.18. The molecule has 156 valence electrons. The van der Waals surface area contributed by atoms with E-state index in [9.17, 15) is 0 Å². The minimum Gasteiger partial charge on any atom is -0.491 e. The maximum absolute atomic E-state index is 8.92. The number of aromatic nitrogens is 3. The number of hydrogen-bond donors (Lipinski definition) is 2. The van der Waals surface area contributed by atoms with Gasteiger partial charge in [0.1, 0.15) is 12.4 Å². The summed E-state index contributed by atoms with van der Waals surface area (Å²) in [7, 11) is 0. The molecule has 0 spiro atoms. The van der Waals surface area contributed by atoms with Gasteiger partial charge in [-0.05, 0) is 42.7 Å². The van der Waals surface area contributed by atoms with Gasteiger partial charge in [-0.15, -0.1) is 0 Å². The van der Waals surface area contributed by atoms with E-state index in [1.54, 1.807) is 11.3 Å². The van der Waals surface area contributed by atoms with E-state index in [2.05, 4.69) is 33.1 Å². The third kappa shape index (κ3) is 4.13. The second-order valence-corrected chi connectivity index (χ2v) is 8.93. The summed E-state index contributed by atoms with van der Waals surface area (Å²) in [6.07, 6.45) is 8.37. The van der Waals surface area contributed by atoms with Crippen LogP contribution in [0.25, 0.3) is 21.3 Å². The summed E-state index contributed by atoms with van der Waals surface area (Å²) in [6.45, 7) is 1.05. The number of anilines is 1. The average molecular weight is 423 g/mol. The van der Waals surface area contributed by atoms with Gasteiger partial charge >= 0.3 is 0 Å². The van der Waals surface area contributed by atoms with Crippen molar-refractivity contribution in [1.82, 2.24) is 14.5 Å². The zero-order valence-corrected chi connectivity index (χ0v) is 17.7. The van der Waals surface area contributed by atoms with Crippen LogP contribution in [0.1, 0.15) is 37.7 Å². The fraction of sp³-hybridized carbons (Fsp3) is 0.391. The number of aliphatic hydroxyl groups is 1. The Morgan fingerprint density at radius 1 is 1.10 bits per heavy atom. The van der Waals surface area contributed by atoms with Gasteiger partial charge < -0.3 is 19.7 Å². The molecule has 1 fully saturated rings. The summed E-state index contributed by atoms with van der Waals surface area (Å²) < 4.78 is 8.85. The largest absolute Gasteiger partial charge is 0.491 e. The monoisotopic (exact) mass is 422 g/mol. The molecule has 30 heavy (non-hydrogen) atoms. The quantitative estimate of drug-likeness (QED) is 0.447. The summed E-state index contributed by atoms with van der Waals surface area (Å²) in [4.78, 5) is 9.30. The number of imidazole rings is 1. The van der Waals surface area contributed by atoms with Crippen molar-refractivity contribution in [2.45, 2.75) is 44.7 Å². The Kier molecular flexibility index (Phi) is 5.55. The van der Waals surface area contributed by atoms with E-state index in [1.165, 1.54) is 42.4 Å². The maximum atomic E-state index is 8.92. The Hall–Kier alpha value is -2.64. The van der Waals surface area contributed by atoms with Crippen LogP contribution >= 0.6 is 11.3 Å². The highest BCUT2D eigenvalue weighted by molar-refractivity contribution is 7.22. The predicted octanol–water partition coefficient (Wildman–Crippen LogP) is 4.81. The van der Waals surface area contributed by atoms with Gasteiger partial charge in [-0.3, -0.25) is 0 Å². The van der Waals surface area contributed by atoms with Crippen LogP contribution in [0.15, 0.2) is 42.7 Å². The molecular weight excluding hydrogens is 396 g/mol. The Balaban J connectivity index is 1.33. The molecule has 0 atom stereocenters. The SMILES string of the molecule is OCCOc1ccc2c(c1)ncn2Cc1ccc2nc(NC3CCCCC3)sc2c1. The number of hydrogen-bond acceptors (Lipinski definition) is 6. The van der Waals surface area contributed by atoms with Crippen molar-refractivity contribution in [3.63, 3.8) is 0 Å². The zero-order chi connectivity index (χ0) is 20.3. The second kappa shape index (κ2) is 8.62. The van der Waals surface area contributed by atoms with Crippen molar-refractivity contribution < 1.29 is 9.84 Å². The minimum absolute atomic E-state index is 0.00439. The number of fused-ring (bicyclic) bond motifs is 2. The van der Waals surface area contributed by atoms with Gasteiger partial charge in [0.25, 0.3) is 0 Å².